The van der Waals surface area contributed by atoms with Crippen LogP contribution >= 0.6 is 0 Å². The molecule has 0 bridgehead atoms. The second-order valence-corrected chi connectivity index (χ2v) is 7.42. The Labute approximate surface area is 117 Å². The first-order chi connectivity index (χ1) is 9.29. The summed E-state index contributed by atoms with van der Waals surface area (Å²) in [7, 11) is -7.45. The van der Waals surface area contributed by atoms with Crippen molar-refractivity contribution in [2.75, 3.05) is 31.0 Å². The van der Waals surface area contributed by atoms with Crippen LogP contribution in [-0.4, -0.2) is 47.4 Å². The van der Waals surface area contributed by atoms with E-state index in [0.717, 1.165) is 0 Å². The van der Waals surface area contributed by atoms with Crippen molar-refractivity contribution >= 4 is 25.9 Å². The molecule has 0 unspecified atom stereocenters. The van der Waals surface area contributed by atoms with Crippen LogP contribution in [0.3, 0.4) is 0 Å². The number of rotatable bonds is 4. The highest BCUT2D eigenvalue weighted by molar-refractivity contribution is 7.90. The number of anilines is 1. The van der Waals surface area contributed by atoms with Gasteiger partial charge in [0.05, 0.1) is 18.1 Å². The molecule has 0 amide bonds. The van der Waals surface area contributed by atoms with Gasteiger partial charge in [-0.2, -0.15) is 12.7 Å². The van der Waals surface area contributed by atoms with E-state index < -0.39 is 20.2 Å². The number of hydrogen-bond acceptors (Lipinski definition) is 5. The van der Waals surface area contributed by atoms with Gasteiger partial charge in [0, 0.05) is 18.8 Å². The van der Waals surface area contributed by atoms with E-state index in [-0.39, 0.29) is 23.7 Å². The van der Waals surface area contributed by atoms with Crippen LogP contribution in [0, 0.1) is 0 Å². The zero-order valence-electron chi connectivity index (χ0n) is 10.5. The van der Waals surface area contributed by atoms with Crippen molar-refractivity contribution in [3.05, 3.63) is 24.3 Å². The molecule has 10 heteroatoms. The summed E-state index contributed by atoms with van der Waals surface area (Å²) >= 11 is 0. The third-order valence-corrected chi connectivity index (χ3v) is 5.21. The van der Waals surface area contributed by atoms with Gasteiger partial charge in [-0.1, -0.05) is 0 Å². The molecule has 112 valence electrons. The highest BCUT2D eigenvalue weighted by Crippen LogP contribution is 2.16. The van der Waals surface area contributed by atoms with Crippen LogP contribution in [-0.2, 0) is 25.0 Å². The molecule has 1 aliphatic rings. The summed E-state index contributed by atoms with van der Waals surface area (Å²) in [5.74, 6) is 0. The number of nitrogens with one attached hydrogen (secondary N) is 1. The Hall–Kier alpha value is -1.20. The van der Waals surface area contributed by atoms with Gasteiger partial charge in [-0.05, 0) is 24.3 Å². The van der Waals surface area contributed by atoms with Crippen LogP contribution < -0.4 is 9.86 Å². The second-order valence-electron chi connectivity index (χ2n) is 4.19. The van der Waals surface area contributed by atoms with Crippen LogP contribution in [0.15, 0.2) is 29.2 Å². The molecule has 20 heavy (non-hydrogen) atoms. The molecule has 0 radical (unpaired) electrons. The highest BCUT2D eigenvalue weighted by Gasteiger charge is 2.24. The zero-order valence-corrected chi connectivity index (χ0v) is 12.2. The molecule has 0 spiro atoms. The maximum absolute atomic E-state index is 12.1. The van der Waals surface area contributed by atoms with E-state index in [1.165, 1.54) is 28.6 Å². The Morgan fingerprint density at radius 1 is 1.05 bits per heavy atom. The van der Waals surface area contributed by atoms with E-state index in [0.29, 0.717) is 13.2 Å². The maximum atomic E-state index is 12.1. The second kappa shape index (κ2) is 5.66. The molecule has 1 aromatic rings. The maximum Gasteiger partial charge on any atom is 0.301 e. The minimum absolute atomic E-state index is 0.0770. The first-order valence-corrected chi connectivity index (χ1v) is 8.76. The van der Waals surface area contributed by atoms with Gasteiger partial charge in [-0.3, -0.25) is 4.72 Å². The van der Waals surface area contributed by atoms with E-state index >= 15 is 0 Å². The molecule has 1 aliphatic heterocycles. The van der Waals surface area contributed by atoms with Gasteiger partial charge in [0.25, 0.3) is 0 Å². The van der Waals surface area contributed by atoms with Crippen LogP contribution in [0.2, 0.25) is 0 Å². The zero-order chi connectivity index (χ0) is 14.8. The molecule has 8 nitrogen and oxygen atoms in total. The van der Waals surface area contributed by atoms with E-state index in [1.54, 1.807) is 0 Å². The Morgan fingerprint density at radius 2 is 1.60 bits per heavy atom. The van der Waals surface area contributed by atoms with E-state index in [2.05, 4.69) is 4.72 Å². The molecule has 1 aromatic carbocycles. The summed E-state index contributed by atoms with van der Waals surface area (Å²) < 4.78 is 55.0. The lowest BCUT2D eigenvalue weighted by atomic mass is 10.3. The Morgan fingerprint density at radius 3 is 2.10 bits per heavy atom. The lowest BCUT2D eigenvalue weighted by Gasteiger charge is -2.26. The minimum atomic E-state index is -3.79. The molecule has 0 aliphatic carbocycles. The van der Waals surface area contributed by atoms with Crippen molar-refractivity contribution in [2.24, 2.45) is 5.14 Å². The fourth-order valence-electron chi connectivity index (χ4n) is 1.71. The predicted octanol–water partition coefficient (Wildman–Crippen LogP) is -0.677. The Balaban J connectivity index is 2.13. The molecule has 1 saturated heterocycles. The standard InChI is InChI=1S/C10H15N3O5S2/c11-19(14,15)10-3-1-9(2-4-10)12-20(16,17)13-5-7-18-8-6-13/h1-4,12H,5-8H2,(H2,11,14,15). The van der Waals surface area contributed by atoms with Crippen LogP contribution in [0.1, 0.15) is 0 Å². The number of nitrogens with two attached hydrogens (primary N) is 1. The first kappa shape index (κ1) is 15.2. The average Bonchev–Trinajstić information content (AvgIpc) is 2.39. The van der Waals surface area contributed by atoms with E-state index in [4.69, 9.17) is 9.88 Å². The molecule has 0 atom stereocenters. The molecule has 0 aromatic heterocycles. The van der Waals surface area contributed by atoms with Crippen molar-refractivity contribution in [3.8, 4) is 0 Å². The molecular weight excluding hydrogens is 306 g/mol. The van der Waals surface area contributed by atoms with Crippen molar-refractivity contribution in [2.45, 2.75) is 4.90 Å². The van der Waals surface area contributed by atoms with Crippen LogP contribution in [0.5, 0.6) is 0 Å². The average molecular weight is 321 g/mol. The fourth-order valence-corrected chi connectivity index (χ4v) is 3.42. The molecule has 3 N–H and O–H groups in total. The fraction of sp³-hybridized carbons (Fsp3) is 0.400. The van der Waals surface area contributed by atoms with E-state index in [1.807, 2.05) is 0 Å². The largest absolute Gasteiger partial charge is 0.379 e. The molecular formula is C10H15N3O5S2. The third kappa shape index (κ3) is 3.67. The number of primary sulfonamides is 1. The summed E-state index contributed by atoms with van der Waals surface area (Å²) in [5, 5.41) is 4.96. The van der Waals surface area contributed by atoms with Crippen LogP contribution in [0.4, 0.5) is 5.69 Å². The molecule has 1 fully saturated rings. The lowest BCUT2D eigenvalue weighted by molar-refractivity contribution is 0.0733. The molecule has 0 saturated carbocycles. The van der Waals surface area contributed by atoms with Crippen molar-refractivity contribution in [1.29, 1.82) is 0 Å². The number of sulfonamides is 1. The Kier molecular flexibility index (Phi) is 4.30. The van der Waals surface area contributed by atoms with Gasteiger partial charge in [-0.25, -0.2) is 13.6 Å². The normalized spacial score (nSPS) is 17.9. The smallest absolute Gasteiger partial charge is 0.301 e. The quantitative estimate of drug-likeness (QED) is 0.762. The summed E-state index contributed by atoms with van der Waals surface area (Å²) in [6.45, 7) is 1.27. The Bertz CT molecular complexity index is 663. The molecule has 1 heterocycles. The number of morpholine rings is 1. The van der Waals surface area contributed by atoms with Crippen molar-refractivity contribution in [3.63, 3.8) is 0 Å². The van der Waals surface area contributed by atoms with Gasteiger partial charge in [0.15, 0.2) is 0 Å². The predicted molar refractivity (Wildman–Crippen MR) is 72.7 cm³/mol. The summed E-state index contributed by atoms with van der Waals surface area (Å²) in [4.78, 5) is -0.0770. The SMILES string of the molecule is NS(=O)(=O)c1ccc(NS(=O)(=O)N2CCOCC2)cc1. The minimum Gasteiger partial charge on any atom is -0.379 e. The summed E-state index contributed by atoms with van der Waals surface area (Å²) in [6, 6.07) is 5.18. The highest BCUT2D eigenvalue weighted by atomic mass is 32.2. The summed E-state index contributed by atoms with van der Waals surface area (Å²) in [5.41, 5.74) is 0.267. The van der Waals surface area contributed by atoms with E-state index in [9.17, 15) is 16.8 Å². The number of hydrogen-bond donors (Lipinski definition) is 2. The number of nitrogens with zero attached hydrogens (tertiary/aromatic N) is 1. The summed E-state index contributed by atoms with van der Waals surface area (Å²) in [6.07, 6.45) is 0. The first-order valence-electron chi connectivity index (χ1n) is 5.77. The lowest BCUT2D eigenvalue weighted by Crippen LogP contribution is -2.43. The van der Waals surface area contributed by atoms with Crippen molar-refractivity contribution < 1.29 is 21.6 Å². The molecule has 2 rings (SSSR count). The topological polar surface area (TPSA) is 119 Å². The van der Waals surface area contributed by atoms with Gasteiger partial charge < -0.3 is 4.74 Å². The number of benzene rings is 1. The monoisotopic (exact) mass is 321 g/mol. The van der Waals surface area contributed by atoms with Gasteiger partial charge in [-0.15, -0.1) is 0 Å². The van der Waals surface area contributed by atoms with Gasteiger partial charge >= 0.3 is 10.2 Å². The van der Waals surface area contributed by atoms with Gasteiger partial charge in [0.1, 0.15) is 0 Å². The van der Waals surface area contributed by atoms with Gasteiger partial charge in [0.2, 0.25) is 10.0 Å². The van der Waals surface area contributed by atoms with Crippen LogP contribution in [0.25, 0.3) is 0 Å². The van der Waals surface area contributed by atoms with Crippen molar-refractivity contribution in [1.82, 2.24) is 4.31 Å². The number of ether oxygens (including phenoxy) is 1. The third-order valence-electron chi connectivity index (χ3n) is 2.74.